The molecule has 0 fully saturated rings. The fourth-order valence-corrected chi connectivity index (χ4v) is 4.02. The van der Waals surface area contributed by atoms with Gasteiger partial charge in [0.1, 0.15) is 11.8 Å². The van der Waals surface area contributed by atoms with E-state index >= 15 is 0 Å². The monoisotopic (exact) mass is 506 g/mol. The van der Waals surface area contributed by atoms with Gasteiger partial charge in [0, 0.05) is 27.7 Å². The largest absolute Gasteiger partial charge is 0.484 e. The van der Waals surface area contributed by atoms with Crippen LogP contribution in [0.1, 0.15) is 66.0 Å². The summed E-state index contributed by atoms with van der Waals surface area (Å²) in [5, 5.41) is 3.85. The molecule has 2 amide bonds. The molecule has 0 spiro atoms. The van der Waals surface area contributed by atoms with Gasteiger partial charge in [-0.2, -0.15) is 0 Å². The Morgan fingerprint density at radius 1 is 0.971 bits per heavy atom. The first kappa shape index (κ1) is 28.0. The van der Waals surface area contributed by atoms with E-state index in [0.29, 0.717) is 27.8 Å². The number of amides is 2. The minimum atomic E-state index is -0.703. The third-order valence-electron chi connectivity index (χ3n) is 5.36. The van der Waals surface area contributed by atoms with E-state index in [0.717, 1.165) is 0 Å². The summed E-state index contributed by atoms with van der Waals surface area (Å²) in [6.45, 7) is 13.9. The molecule has 1 atom stereocenters. The molecular formula is C27H36Cl2N2O3. The predicted molar refractivity (Wildman–Crippen MR) is 140 cm³/mol. The number of halogens is 2. The summed E-state index contributed by atoms with van der Waals surface area (Å²) >= 11 is 12.8. The molecule has 0 heterocycles. The number of carbonyl (C=O) groups is 2. The Balaban J connectivity index is 2.28. The number of hydrogen-bond donors (Lipinski definition) is 1. The Morgan fingerprint density at radius 3 is 2.00 bits per heavy atom. The highest BCUT2D eigenvalue weighted by atomic mass is 35.5. The molecule has 0 saturated carbocycles. The standard InChI is InChI=1S/C27H36Cl2N2O3/c1-8-23(25(33)30-27(5,6)7)31(16-20-21(28)10-9-11-22(20)29)24(32)17-34-19-14-12-18(13-15-19)26(2,3)4/h9-15,23H,8,16-17H2,1-7H3,(H,30,33)/t23-/m1/s1. The number of nitrogens with zero attached hydrogens (tertiary/aromatic N) is 1. The van der Waals surface area contributed by atoms with Crippen LogP contribution in [0.5, 0.6) is 5.75 Å². The lowest BCUT2D eigenvalue weighted by Crippen LogP contribution is -2.54. The highest BCUT2D eigenvalue weighted by molar-refractivity contribution is 6.36. The van der Waals surface area contributed by atoms with Crippen LogP contribution in [0.3, 0.4) is 0 Å². The highest BCUT2D eigenvalue weighted by Crippen LogP contribution is 2.28. The molecule has 7 heteroatoms. The molecule has 2 aromatic carbocycles. The molecule has 2 rings (SSSR count). The van der Waals surface area contributed by atoms with Crippen molar-refractivity contribution in [1.82, 2.24) is 10.2 Å². The Hall–Kier alpha value is -2.24. The Morgan fingerprint density at radius 2 is 1.53 bits per heavy atom. The van der Waals surface area contributed by atoms with E-state index in [2.05, 4.69) is 26.1 Å². The number of ether oxygens (including phenoxy) is 1. The first-order chi connectivity index (χ1) is 15.7. The number of benzene rings is 2. The molecule has 34 heavy (non-hydrogen) atoms. The third-order valence-corrected chi connectivity index (χ3v) is 6.07. The second kappa shape index (κ2) is 11.5. The first-order valence-corrected chi connectivity index (χ1v) is 12.3. The summed E-state index contributed by atoms with van der Waals surface area (Å²) in [6.07, 6.45) is 0.427. The fraction of sp³-hybridized carbons (Fsp3) is 0.481. The van der Waals surface area contributed by atoms with Crippen LogP contribution in [0.4, 0.5) is 0 Å². The van der Waals surface area contributed by atoms with Crippen LogP contribution >= 0.6 is 23.2 Å². The SMILES string of the molecule is CC[C@H](C(=O)NC(C)(C)C)N(Cc1c(Cl)cccc1Cl)C(=O)COc1ccc(C(C)(C)C)cc1. The average molecular weight is 508 g/mol. The molecule has 0 aliphatic rings. The molecule has 5 nitrogen and oxygen atoms in total. The normalized spacial score (nSPS) is 12.7. The summed E-state index contributed by atoms with van der Waals surface area (Å²) in [5.41, 5.74) is 1.35. The summed E-state index contributed by atoms with van der Waals surface area (Å²) in [5.74, 6) is 0.0251. The molecule has 0 radical (unpaired) electrons. The van der Waals surface area contributed by atoms with E-state index in [1.807, 2.05) is 52.0 Å². The van der Waals surface area contributed by atoms with E-state index in [9.17, 15) is 9.59 Å². The van der Waals surface area contributed by atoms with Crippen molar-refractivity contribution >= 4 is 35.0 Å². The lowest BCUT2D eigenvalue weighted by Gasteiger charge is -2.33. The lowest BCUT2D eigenvalue weighted by molar-refractivity contribution is -0.143. The molecule has 2 aromatic rings. The maximum atomic E-state index is 13.4. The van der Waals surface area contributed by atoms with Gasteiger partial charge in [0.25, 0.3) is 5.91 Å². The van der Waals surface area contributed by atoms with Crippen molar-refractivity contribution in [1.29, 1.82) is 0 Å². The van der Waals surface area contributed by atoms with Crippen molar-refractivity contribution in [3.8, 4) is 5.75 Å². The zero-order valence-electron chi connectivity index (χ0n) is 21.2. The van der Waals surface area contributed by atoms with Gasteiger partial charge in [-0.1, -0.05) is 69.1 Å². The quantitative estimate of drug-likeness (QED) is 0.450. The van der Waals surface area contributed by atoms with E-state index < -0.39 is 11.6 Å². The lowest BCUT2D eigenvalue weighted by atomic mass is 9.87. The fourth-order valence-electron chi connectivity index (χ4n) is 3.51. The van der Waals surface area contributed by atoms with Gasteiger partial charge < -0.3 is 15.0 Å². The van der Waals surface area contributed by atoms with Crippen LogP contribution < -0.4 is 10.1 Å². The predicted octanol–water partition coefficient (Wildman–Crippen LogP) is 6.39. The zero-order valence-corrected chi connectivity index (χ0v) is 22.7. The van der Waals surface area contributed by atoms with Crippen molar-refractivity contribution in [3.63, 3.8) is 0 Å². The zero-order chi connectivity index (χ0) is 25.7. The van der Waals surface area contributed by atoms with E-state index in [-0.39, 0.29) is 30.4 Å². The molecular weight excluding hydrogens is 471 g/mol. The minimum Gasteiger partial charge on any atom is -0.484 e. The van der Waals surface area contributed by atoms with Crippen LogP contribution in [0.25, 0.3) is 0 Å². The number of carbonyl (C=O) groups excluding carboxylic acids is 2. The van der Waals surface area contributed by atoms with Gasteiger partial charge in [-0.3, -0.25) is 9.59 Å². The number of hydrogen-bond acceptors (Lipinski definition) is 3. The van der Waals surface area contributed by atoms with Crippen LogP contribution in [-0.4, -0.2) is 34.9 Å². The van der Waals surface area contributed by atoms with E-state index in [4.69, 9.17) is 27.9 Å². The first-order valence-electron chi connectivity index (χ1n) is 11.5. The highest BCUT2D eigenvalue weighted by Gasteiger charge is 2.31. The van der Waals surface area contributed by atoms with Gasteiger partial charge in [0.2, 0.25) is 5.91 Å². The van der Waals surface area contributed by atoms with E-state index in [1.54, 1.807) is 18.2 Å². The second-order valence-electron chi connectivity index (χ2n) is 10.4. The van der Waals surface area contributed by atoms with Crippen molar-refractivity contribution in [2.75, 3.05) is 6.61 Å². The third kappa shape index (κ3) is 7.92. The second-order valence-corrected chi connectivity index (χ2v) is 11.3. The van der Waals surface area contributed by atoms with Gasteiger partial charge in [0.15, 0.2) is 6.61 Å². The van der Waals surface area contributed by atoms with Gasteiger partial charge >= 0.3 is 0 Å². The Labute approximate surface area is 213 Å². The average Bonchev–Trinajstić information content (AvgIpc) is 2.72. The molecule has 0 aliphatic carbocycles. The molecule has 0 bridgehead atoms. The van der Waals surface area contributed by atoms with Crippen molar-refractivity contribution in [2.24, 2.45) is 0 Å². The Bertz CT molecular complexity index is 972. The van der Waals surface area contributed by atoms with Crippen molar-refractivity contribution < 1.29 is 14.3 Å². The maximum absolute atomic E-state index is 13.4. The summed E-state index contributed by atoms with van der Waals surface area (Å²) in [6, 6.07) is 12.2. The smallest absolute Gasteiger partial charge is 0.261 e. The van der Waals surface area contributed by atoms with E-state index in [1.165, 1.54) is 10.5 Å². The van der Waals surface area contributed by atoms with Crippen LogP contribution in [0.15, 0.2) is 42.5 Å². The minimum absolute atomic E-state index is 0.0220. The van der Waals surface area contributed by atoms with Gasteiger partial charge in [-0.15, -0.1) is 0 Å². The molecule has 0 aliphatic heterocycles. The number of nitrogens with one attached hydrogen (secondary N) is 1. The molecule has 0 unspecified atom stereocenters. The van der Waals surface area contributed by atoms with Crippen LogP contribution in [0, 0.1) is 0 Å². The molecule has 0 aromatic heterocycles. The van der Waals surface area contributed by atoms with Crippen molar-refractivity contribution in [3.05, 3.63) is 63.6 Å². The summed E-state index contributed by atoms with van der Waals surface area (Å²) < 4.78 is 5.80. The van der Waals surface area contributed by atoms with Gasteiger partial charge in [0.05, 0.1) is 0 Å². The summed E-state index contributed by atoms with van der Waals surface area (Å²) in [4.78, 5) is 28.0. The van der Waals surface area contributed by atoms with Gasteiger partial charge in [-0.25, -0.2) is 0 Å². The molecule has 186 valence electrons. The van der Waals surface area contributed by atoms with Gasteiger partial charge in [-0.05, 0) is 62.4 Å². The van der Waals surface area contributed by atoms with Crippen LogP contribution in [-0.2, 0) is 21.5 Å². The topological polar surface area (TPSA) is 58.6 Å². The number of rotatable bonds is 8. The van der Waals surface area contributed by atoms with Crippen LogP contribution in [0.2, 0.25) is 10.0 Å². The Kier molecular flexibility index (Phi) is 9.44. The maximum Gasteiger partial charge on any atom is 0.261 e. The molecule has 1 N–H and O–H groups in total. The van der Waals surface area contributed by atoms with Crippen molar-refractivity contribution in [2.45, 2.75) is 78.4 Å². The molecule has 0 saturated heterocycles. The summed E-state index contributed by atoms with van der Waals surface area (Å²) in [7, 11) is 0.